The number of pyridine rings is 1. The maximum Gasteiger partial charge on any atom is 0.125 e. The van der Waals surface area contributed by atoms with Crippen molar-refractivity contribution < 1.29 is 0 Å². The maximum absolute atomic E-state index is 9.68. The van der Waals surface area contributed by atoms with Crippen LogP contribution < -0.4 is 5.32 Å². The van der Waals surface area contributed by atoms with Crippen LogP contribution in [-0.2, 0) is 0 Å². The van der Waals surface area contributed by atoms with E-state index in [1.807, 2.05) is 30.5 Å². The quantitative estimate of drug-likeness (QED) is 0.342. The van der Waals surface area contributed by atoms with Gasteiger partial charge in [-0.2, -0.15) is 5.26 Å². The van der Waals surface area contributed by atoms with Crippen molar-refractivity contribution in [3.05, 3.63) is 88.6 Å². The largest absolute Gasteiger partial charge is 0.361 e. The van der Waals surface area contributed by atoms with Gasteiger partial charge < -0.3 is 10.3 Å². The zero-order chi connectivity index (χ0) is 20.5. The first-order valence-corrected chi connectivity index (χ1v) is 10.4. The number of fused-ring (bicyclic) bond motifs is 2. The van der Waals surface area contributed by atoms with E-state index in [1.165, 1.54) is 5.39 Å². The van der Waals surface area contributed by atoms with Crippen LogP contribution in [0.3, 0.4) is 0 Å². The summed E-state index contributed by atoms with van der Waals surface area (Å²) in [6.07, 6.45) is 7.77. The van der Waals surface area contributed by atoms with Crippen molar-refractivity contribution in [2.24, 2.45) is 0 Å². The van der Waals surface area contributed by atoms with Gasteiger partial charge >= 0.3 is 0 Å². The molecule has 3 heterocycles. The summed E-state index contributed by atoms with van der Waals surface area (Å²) < 4.78 is 0. The second-order valence-electron chi connectivity index (χ2n) is 7.07. The lowest BCUT2D eigenvalue weighted by Crippen LogP contribution is -1.97. The average molecular weight is 407 g/mol. The van der Waals surface area contributed by atoms with E-state index in [4.69, 9.17) is 0 Å². The van der Waals surface area contributed by atoms with Gasteiger partial charge in [-0.15, -0.1) is 11.3 Å². The van der Waals surface area contributed by atoms with E-state index in [0.29, 0.717) is 5.56 Å². The van der Waals surface area contributed by atoms with Crippen molar-refractivity contribution in [1.82, 2.24) is 9.97 Å². The molecule has 5 rings (SSSR count). The third kappa shape index (κ3) is 3.24. The Morgan fingerprint density at radius 2 is 1.93 bits per heavy atom. The highest BCUT2D eigenvalue weighted by Gasteiger charge is 2.14. The molecule has 0 unspecified atom stereocenters. The zero-order valence-corrected chi connectivity index (χ0v) is 17.1. The van der Waals surface area contributed by atoms with E-state index in [1.54, 1.807) is 17.5 Å². The number of benzene rings is 2. The van der Waals surface area contributed by atoms with Gasteiger partial charge in [-0.05, 0) is 48.4 Å². The molecule has 0 spiro atoms. The molecular formula is C25H18N4S. The van der Waals surface area contributed by atoms with Gasteiger partial charge in [-0.1, -0.05) is 36.4 Å². The van der Waals surface area contributed by atoms with Crippen molar-refractivity contribution in [3.63, 3.8) is 0 Å². The number of anilines is 2. The van der Waals surface area contributed by atoms with Gasteiger partial charge in [-0.25, -0.2) is 4.98 Å². The highest BCUT2D eigenvalue weighted by atomic mass is 32.1. The van der Waals surface area contributed by atoms with Gasteiger partial charge in [0.25, 0.3) is 0 Å². The van der Waals surface area contributed by atoms with Gasteiger partial charge in [0.2, 0.25) is 0 Å². The number of nitriles is 1. The van der Waals surface area contributed by atoms with Crippen LogP contribution in [0.2, 0.25) is 0 Å². The Morgan fingerprint density at radius 3 is 2.77 bits per heavy atom. The Kier molecular flexibility index (Phi) is 4.55. The average Bonchev–Trinajstić information content (AvgIpc) is 3.42. The maximum atomic E-state index is 9.68. The second-order valence-corrected chi connectivity index (χ2v) is 8.13. The number of nitrogens with one attached hydrogen (secondary N) is 2. The van der Waals surface area contributed by atoms with E-state index in [-0.39, 0.29) is 0 Å². The standard InChI is InChI=1S/C25H18N4S/c1-16-20-11-12-27-23(20)10-9-22(16)29-24-18(14-26)15-28-25-21(24)13-19(30-25)8-7-17-5-3-2-4-6-17/h2-13,15,27H,1H3,(H,28,29). The summed E-state index contributed by atoms with van der Waals surface area (Å²) in [5, 5.41) is 15.3. The molecular weight excluding hydrogens is 388 g/mol. The molecule has 0 saturated heterocycles. The molecule has 0 aliphatic heterocycles. The van der Waals surface area contributed by atoms with Crippen LogP contribution in [0.15, 0.2) is 67.0 Å². The van der Waals surface area contributed by atoms with Crippen molar-refractivity contribution in [1.29, 1.82) is 5.26 Å². The first-order chi connectivity index (χ1) is 14.7. The lowest BCUT2D eigenvalue weighted by Gasteiger charge is -2.12. The summed E-state index contributed by atoms with van der Waals surface area (Å²) >= 11 is 1.62. The van der Waals surface area contributed by atoms with Crippen molar-refractivity contribution >= 4 is 56.0 Å². The SMILES string of the molecule is Cc1c(Nc2c(C#N)cnc3sc(C=Cc4ccccc4)cc23)ccc2[nH]ccc12. The summed E-state index contributed by atoms with van der Waals surface area (Å²) in [5.41, 5.74) is 5.71. The van der Waals surface area contributed by atoms with Crippen LogP contribution in [0.4, 0.5) is 11.4 Å². The fourth-order valence-corrected chi connectivity index (χ4v) is 4.52. The highest BCUT2D eigenvalue weighted by molar-refractivity contribution is 7.19. The zero-order valence-electron chi connectivity index (χ0n) is 16.3. The molecule has 144 valence electrons. The van der Waals surface area contributed by atoms with Gasteiger partial charge in [0.15, 0.2) is 0 Å². The molecule has 3 aromatic heterocycles. The molecule has 0 saturated carbocycles. The molecule has 0 aliphatic rings. The van der Waals surface area contributed by atoms with E-state index < -0.39 is 0 Å². The van der Waals surface area contributed by atoms with E-state index in [0.717, 1.165) is 43.1 Å². The van der Waals surface area contributed by atoms with E-state index >= 15 is 0 Å². The lowest BCUT2D eigenvalue weighted by atomic mass is 10.1. The summed E-state index contributed by atoms with van der Waals surface area (Å²) in [6.45, 7) is 2.09. The Bertz CT molecular complexity index is 1440. The van der Waals surface area contributed by atoms with Gasteiger partial charge in [0, 0.05) is 39.2 Å². The number of nitrogens with zero attached hydrogens (tertiary/aromatic N) is 2. The number of aryl methyl sites for hydroxylation is 1. The number of hydrogen-bond donors (Lipinski definition) is 2. The van der Waals surface area contributed by atoms with Crippen molar-refractivity contribution in [2.75, 3.05) is 5.32 Å². The topological polar surface area (TPSA) is 64.5 Å². The minimum absolute atomic E-state index is 0.535. The van der Waals surface area contributed by atoms with Crippen LogP contribution in [-0.4, -0.2) is 9.97 Å². The van der Waals surface area contributed by atoms with Crippen molar-refractivity contribution in [3.8, 4) is 6.07 Å². The number of aromatic nitrogens is 2. The fourth-order valence-electron chi connectivity index (χ4n) is 3.61. The van der Waals surface area contributed by atoms with Crippen LogP contribution in [0, 0.1) is 18.3 Å². The van der Waals surface area contributed by atoms with Gasteiger partial charge in [-0.3, -0.25) is 0 Å². The number of H-pyrrole nitrogens is 1. The van der Waals surface area contributed by atoms with Crippen LogP contribution in [0.5, 0.6) is 0 Å². The van der Waals surface area contributed by atoms with Gasteiger partial charge in [0.05, 0.1) is 11.3 Å². The molecule has 0 fully saturated rings. The Hall–Kier alpha value is -3.88. The smallest absolute Gasteiger partial charge is 0.125 e. The number of hydrogen-bond acceptors (Lipinski definition) is 4. The summed E-state index contributed by atoms with van der Waals surface area (Å²) in [6, 6.07) is 20.7. The molecule has 0 atom stereocenters. The summed E-state index contributed by atoms with van der Waals surface area (Å²) in [7, 11) is 0. The second kappa shape index (κ2) is 7.51. The van der Waals surface area contributed by atoms with E-state index in [2.05, 4.69) is 70.8 Å². The molecule has 2 aromatic carbocycles. The van der Waals surface area contributed by atoms with Gasteiger partial charge in [0.1, 0.15) is 10.9 Å². The normalized spacial score (nSPS) is 11.3. The lowest BCUT2D eigenvalue weighted by molar-refractivity contribution is 1.38. The number of thiophene rings is 1. The first kappa shape index (κ1) is 18.2. The highest BCUT2D eigenvalue weighted by Crippen LogP contribution is 2.36. The van der Waals surface area contributed by atoms with E-state index in [9.17, 15) is 5.26 Å². The third-order valence-electron chi connectivity index (χ3n) is 5.20. The Morgan fingerprint density at radius 1 is 1.07 bits per heavy atom. The monoisotopic (exact) mass is 406 g/mol. The third-order valence-corrected chi connectivity index (χ3v) is 6.21. The Balaban J connectivity index is 1.58. The molecule has 2 N–H and O–H groups in total. The molecule has 0 bridgehead atoms. The number of aromatic amines is 1. The molecule has 0 aliphatic carbocycles. The molecule has 5 heteroatoms. The first-order valence-electron chi connectivity index (χ1n) is 9.62. The molecule has 0 amide bonds. The fraction of sp³-hybridized carbons (Fsp3) is 0.0400. The van der Waals surface area contributed by atoms with Crippen molar-refractivity contribution in [2.45, 2.75) is 6.92 Å². The molecule has 5 aromatic rings. The summed E-state index contributed by atoms with van der Waals surface area (Å²) in [5.74, 6) is 0. The molecule has 0 radical (unpaired) electrons. The minimum Gasteiger partial charge on any atom is -0.361 e. The van der Waals surface area contributed by atoms with Crippen LogP contribution in [0.1, 0.15) is 21.6 Å². The molecule has 30 heavy (non-hydrogen) atoms. The Labute approximate surface area is 178 Å². The summed E-state index contributed by atoms with van der Waals surface area (Å²) in [4.78, 5) is 9.75. The van der Waals surface area contributed by atoms with Crippen LogP contribution in [0.25, 0.3) is 33.3 Å². The molecule has 4 nitrogen and oxygen atoms in total. The predicted molar refractivity (Wildman–Crippen MR) is 126 cm³/mol. The predicted octanol–water partition coefficient (Wildman–Crippen LogP) is 6.87. The number of rotatable bonds is 4. The minimum atomic E-state index is 0.535. The van der Waals surface area contributed by atoms with Crippen LogP contribution >= 0.6 is 11.3 Å².